The lowest BCUT2D eigenvalue weighted by molar-refractivity contribution is 0.296. The van der Waals surface area contributed by atoms with Crippen molar-refractivity contribution in [2.75, 3.05) is 13.2 Å². The topological polar surface area (TPSA) is 30.5 Å². The largest absolute Gasteiger partial charge is 0.490 e. The van der Waals surface area contributed by atoms with Crippen molar-refractivity contribution in [2.45, 2.75) is 19.5 Å². The summed E-state index contributed by atoms with van der Waals surface area (Å²) in [5.41, 5.74) is 1.19. The van der Waals surface area contributed by atoms with Gasteiger partial charge in [0.15, 0.2) is 11.5 Å². The number of halogens is 1. The lowest BCUT2D eigenvalue weighted by Crippen LogP contribution is -2.12. The van der Waals surface area contributed by atoms with Gasteiger partial charge in [0.2, 0.25) is 0 Å². The first-order valence-corrected chi connectivity index (χ1v) is 8.31. The highest BCUT2D eigenvalue weighted by Gasteiger charge is 2.15. The molecule has 0 radical (unpaired) electrons. The van der Waals surface area contributed by atoms with Gasteiger partial charge in [-0.3, -0.25) is 0 Å². The maximum Gasteiger partial charge on any atom is 0.175 e. The van der Waals surface area contributed by atoms with Crippen LogP contribution in [-0.4, -0.2) is 13.2 Å². The fourth-order valence-corrected chi connectivity index (χ4v) is 3.41. The van der Waals surface area contributed by atoms with Crippen molar-refractivity contribution >= 4 is 27.3 Å². The predicted molar refractivity (Wildman–Crippen MR) is 84.6 cm³/mol. The Morgan fingerprint density at radius 2 is 2.10 bits per heavy atom. The monoisotopic (exact) mass is 353 g/mol. The van der Waals surface area contributed by atoms with E-state index in [2.05, 4.69) is 50.9 Å². The van der Waals surface area contributed by atoms with E-state index < -0.39 is 0 Å². The second-order valence-corrected chi connectivity index (χ2v) is 6.52. The van der Waals surface area contributed by atoms with Crippen LogP contribution >= 0.6 is 27.3 Å². The Kier molecular flexibility index (Phi) is 4.60. The normalized spacial score (nSPS) is 14.1. The third kappa shape index (κ3) is 3.34. The van der Waals surface area contributed by atoms with E-state index in [0.717, 1.165) is 35.5 Å². The Morgan fingerprint density at radius 1 is 1.20 bits per heavy atom. The lowest BCUT2D eigenvalue weighted by atomic mass is 10.2. The van der Waals surface area contributed by atoms with E-state index in [-0.39, 0.29) is 0 Å². The number of nitrogens with one attached hydrogen (secondary N) is 1. The molecule has 0 saturated heterocycles. The average molecular weight is 354 g/mol. The Labute approximate surface area is 131 Å². The van der Waals surface area contributed by atoms with Crippen LogP contribution in [0.3, 0.4) is 0 Å². The number of fused-ring (bicyclic) bond motifs is 1. The standard InChI is InChI=1S/C15H16BrNO2S/c16-13-7-11(9-17-10-12-3-1-6-20-12)8-14-15(13)19-5-2-4-18-14/h1,3,6-8,17H,2,4-5,9-10H2. The van der Waals surface area contributed by atoms with Crippen molar-refractivity contribution in [3.8, 4) is 11.5 Å². The second kappa shape index (κ2) is 6.61. The van der Waals surface area contributed by atoms with Crippen molar-refractivity contribution in [1.82, 2.24) is 5.32 Å². The molecule has 5 heteroatoms. The average Bonchev–Trinajstić information content (AvgIpc) is 2.83. The number of rotatable bonds is 4. The van der Waals surface area contributed by atoms with Crippen LogP contribution in [0.1, 0.15) is 16.9 Å². The zero-order valence-corrected chi connectivity index (χ0v) is 13.4. The number of ether oxygens (including phenoxy) is 2. The highest BCUT2D eigenvalue weighted by Crippen LogP contribution is 2.38. The smallest absolute Gasteiger partial charge is 0.175 e. The van der Waals surface area contributed by atoms with Crippen molar-refractivity contribution in [3.63, 3.8) is 0 Å². The predicted octanol–water partition coefficient (Wildman–Crippen LogP) is 3.96. The molecule has 3 nitrogen and oxygen atoms in total. The Hall–Kier alpha value is -1.04. The van der Waals surface area contributed by atoms with Crippen molar-refractivity contribution < 1.29 is 9.47 Å². The molecule has 1 aromatic heterocycles. The van der Waals surface area contributed by atoms with Crippen LogP contribution in [0.15, 0.2) is 34.1 Å². The first-order valence-electron chi connectivity index (χ1n) is 6.64. The maximum absolute atomic E-state index is 5.74. The fourth-order valence-electron chi connectivity index (χ4n) is 2.13. The third-order valence-electron chi connectivity index (χ3n) is 3.07. The van der Waals surface area contributed by atoms with E-state index in [1.165, 1.54) is 10.4 Å². The van der Waals surface area contributed by atoms with Crippen LogP contribution in [0.4, 0.5) is 0 Å². The van der Waals surface area contributed by atoms with Gasteiger partial charge in [0, 0.05) is 24.4 Å². The molecule has 1 N–H and O–H groups in total. The van der Waals surface area contributed by atoms with Gasteiger partial charge in [0.05, 0.1) is 17.7 Å². The summed E-state index contributed by atoms with van der Waals surface area (Å²) in [5.74, 6) is 1.66. The van der Waals surface area contributed by atoms with Gasteiger partial charge < -0.3 is 14.8 Å². The molecule has 3 rings (SSSR count). The van der Waals surface area contributed by atoms with Gasteiger partial charge in [-0.25, -0.2) is 0 Å². The molecule has 2 aromatic rings. The van der Waals surface area contributed by atoms with E-state index in [9.17, 15) is 0 Å². The molecule has 106 valence electrons. The molecule has 0 saturated carbocycles. The number of benzene rings is 1. The van der Waals surface area contributed by atoms with Gasteiger partial charge in [-0.15, -0.1) is 11.3 Å². The zero-order chi connectivity index (χ0) is 13.8. The molecule has 0 amide bonds. The van der Waals surface area contributed by atoms with Gasteiger partial charge in [-0.2, -0.15) is 0 Å². The van der Waals surface area contributed by atoms with Crippen LogP contribution < -0.4 is 14.8 Å². The number of hydrogen-bond donors (Lipinski definition) is 1. The molecule has 1 aliphatic rings. The minimum Gasteiger partial charge on any atom is -0.490 e. The van der Waals surface area contributed by atoms with Crippen LogP contribution in [0.5, 0.6) is 11.5 Å². The molecule has 2 heterocycles. The third-order valence-corrected chi connectivity index (χ3v) is 4.54. The minimum absolute atomic E-state index is 0.710. The van der Waals surface area contributed by atoms with Crippen molar-refractivity contribution in [3.05, 3.63) is 44.6 Å². The summed E-state index contributed by atoms with van der Waals surface area (Å²) in [7, 11) is 0. The number of hydrogen-bond acceptors (Lipinski definition) is 4. The van der Waals surface area contributed by atoms with Gasteiger partial charge in [0.1, 0.15) is 0 Å². The van der Waals surface area contributed by atoms with Gasteiger partial charge in [-0.1, -0.05) is 6.07 Å². The van der Waals surface area contributed by atoms with Crippen LogP contribution in [0.25, 0.3) is 0 Å². The summed E-state index contributed by atoms with van der Waals surface area (Å²) < 4.78 is 12.4. The van der Waals surface area contributed by atoms with Crippen molar-refractivity contribution in [2.24, 2.45) is 0 Å². The van der Waals surface area contributed by atoms with E-state index >= 15 is 0 Å². The molecule has 0 unspecified atom stereocenters. The van der Waals surface area contributed by atoms with Gasteiger partial charge in [-0.05, 0) is 45.1 Å². The Morgan fingerprint density at radius 3 is 2.95 bits per heavy atom. The first kappa shape index (κ1) is 13.9. The van der Waals surface area contributed by atoms with E-state index in [4.69, 9.17) is 9.47 Å². The quantitative estimate of drug-likeness (QED) is 0.902. The lowest BCUT2D eigenvalue weighted by Gasteiger charge is -2.12. The van der Waals surface area contributed by atoms with Gasteiger partial charge >= 0.3 is 0 Å². The van der Waals surface area contributed by atoms with Crippen LogP contribution in [0, 0.1) is 0 Å². The summed E-state index contributed by atoms with van der Waals surface area (Å²) in [5, 5.41) is 5.55. The minimum atomic E-state index is 0.710. The molecule has 0 spiro atoms. The second-order valence-electron chi connectivity index (χ2n) is 4.64. The fraction of sp³-hybridized carbons (Fsp3) is 0.333. The number of thiophene rings is 1. The molecule has 1 aromatic carbocycles. The van der Waals surface area contributed by atoms with Gasteiger partial charge in [0.25, 0.3) is 0 Å². The Balaban J connectivity index is 1.67. The molecular formula is C15H16BrNO2S. The van der Waals surface area contributed by atoms with E-state index in [0.29, 0.717) is 13.2 Å². The van der Waals surface area contributed by atoms with E-state index in [1.54, 1.807) is 11.3 Å². The molecule has 1 aliphatic heterocycles. The molecule has 0 fully saturated rings. The molecule has 0 bridgehead atoms. The summed E-state index contributed by atoms with van der Waals surface area (Å²) >= 11 is 5.34. The van der Waals surface area contributed by atoms with E-state index in [1.807, 2.05) is 0 Å². The maximum atomic E-state index is 5.74. The summed E-state index contributed by atoms with van der Waals surface area (Å²) in [6.45, 7) is 3.13. The first-order chi connectivity index (χ1) is 9.83. The summed E-state index contributed by atoms with van der Waals surface area (Å²) in [6.07, 6.45) is 0.924. The Bertz CT molecular complexity index is 572. The molecular weight excluding hydrogens is 338 g/mol. The molecule has 0 atom stereocenters. The van der Waals surface area contributed by atoms with Crippen LogP contribution in [-0.2, 0) is 13.1 Å². The highest BCUT2D eigenvalue weighted by molar-refractivity contribution is 9.10. The summed E-state index contributed by atoms with van der Waals surface area (Å²) in [4.78, 5) is 1.35. The zero-order valence-electron chi connectivity index (χ0n) is 11.0. The highest BCUT2D eigenvalue weighted by atomic mass is 79.9. The van der Waals surface area contributed by atoms with Crippen LogP contribution in [0.2, 0.25) is 0 Å². The summed E-state index contributed by atoms with van der Waals surface area (Å²) in [6, 6.07) is 8.37. The van der Waals surface area contributed by atoms with Crippen molar-refractivity contribution in [1.29, 1.82) is 0 Å². The molecule has 20 heavy (non-hydrogen) atoms. The SMILES string of the molecule is Brc1cc(CNCc2cccs2)cc2c1OCCCO2. The molecule has 0 aliphatic carbocycles.